The number of hydrogen-bond acceptors (Lipinski definition) is 2. The Hall–Kier alpha value is -1.23. The zero-order valence-electron chi connectivity index (χ0n) is 9.96. The molecule has 0 spiro atoms. The Morgan fingerprint density at radius 3 is 2.18 bits per heavy atom. The molecule has 0 aromatic heterocycles. The second-order valence-electron chi connectivity index (χ2n) is 4.78. The first kappa shape index (κ1) is 13.8. The lowest BCUT2D eigenvalue weighted by Crippen LogP contribution is -2.29. The van der Waals surface area contributed by atoms with Crippen LogP contribution in [0.1, 0.15) is 26.7 Å². The van der Waals surface area contributed by atoms with Crippen LogP contribution in [0, 0.1) is 5.41 Å². The van der Waals surface area contributed by atoms with Crippen LogP contribution in [0.25, 0.3) is 0 Å². The molecule has 1 atom stereocenters. The molecule has 0 saturated heterocycles. The molecule has 0 bridgehead atoms. The van der Waals surface area contributed by atoms with Crippen molar-refractivity contribution in [2.45, 2.75) is 31.9 Å². The molecule has 96 valence electrons. The fourth-order valence-electron chi connectivity index (χ4n) is 1.75. The Morgan fingerprint density at radius 1 is 1.24 bits per heavy atom. The number of thiol groups is 1. The molecule has 5 heteroatoms. The minimum Gasteiger partial charge on any atom is -0.481 e. The van der Waals surface area contributed by atoms with E-state index in [-0.39, 0.29) is 11.7 Å². The molecule has 1 unspecified atom stereocenters. The average Bonchev–Trinajstić information content (AvgIpc) is 2.67. The van der Waals surface area contributed by atoms with Gasteiger partial charge in [0.2, 0.25) is 0 Å². The van der Waals surface area contributed by atoms with Crippen LogP contribution in [-0.4, -0.2) is 27.4 Å². The molecule has 1 aliphatic heterocycles. The van der Waals surface area contributed by atoms with Gasteiger partial charge in [-0.3, -0.25) is 9.59 Å². The molecule has 0 aromatic rings. The summed E-state index contributed by atoms with van der Waals surface area (Å²) in [5.41, 5.74) is -0.882. The molecule has 0 radical (unpaired) electrons. The van der Waals surface area contributed by atoms with Crippen LogP contribution in [-0.2, 0) is 9.59 Å². The van der Waals surface area contributed by atoms with E-state index in [9.17, 15) is 9.59 Å². The summed E-state index contributed by atoms with van der Waals surface area (Å²) >= 11 is 0. The minimum absolute atomic E-state index is 0.0249. The highest BCUT2D eigenvalue weighted by molar-refractivity contribution is 8.22. The number of carboxylic acids is 2. The fourth-order valence-corrected chi connectivity index (χ4v) is 3.97. The molecule has 1 rings (SSSR count). The van der Waals surface area contributed by atoms with Gasteiger partial charge in [0, 0.05) is 5.25 Å². The average molecular weight is 258 g/mol. The zero-order chi connectivity index (χ0) is 13.1. The van der Waals surface area contributed by atoms with Crippen LogP contribution in [0.5, 0.6) is 0 Å². The summed E-state index contributed by atoms with van der Waals surface area (Å²) < 4.78 is 0. The van der Waals surface area contributed by atoms with E-state index in [2.05, 4.69) is 0 Å². The van der Waals surface area contributed by atoms with Gasteiger partial charge >= 0.3 is 11.9 Å². The molecule has 0 saturated carbocycles. The van der Waals surface area contributed by atoms with Gasteiger partial charge in [-0.05, 0) is 31.1 Å². The first-order chi connectivity index (χ1) is 7.83. The lowest BCUT2D eigenvalue weighted by molar-refractivity contribution is -0.147. The van der Waals surface area contributed by atoms with Gasteiger partial charge in [0.25, 0.3) is 0 Å². The predicted octanol–water partition coefficient (Wildman–Crippen LogP) is 2.37. The van der Waals surface area contributed by atoms with Crippen molar-refractivity contribution in [3.8, 4) is 0 Å². The lowest BCUT2D eigenvalue weighted by atomic mass is 9.87. The van der Waals surface area contributed by atoms with Gasteiger partial charge in [0.1, 0.15) is 0 Å². The van der Waals surface area contributed by atoms with E-state index in [0.29, 0.717) is 6.42 Å². The Labute approximate surface area is 103 Å². The van der Waals surface area contributed by atoms with E-state index in [1.807, 2.05) is 23.0 Å². The molecular weight excluding hydrogens is 240 g/mol. The third-order valence-corrected chi connectivity index (χ3v) is 5.03. The number of carboxylic acid groups (broad SMARTS) is 2. The van der Waals surface area contributed by atoms with E-state index in [1.165, 1.54) is 0 Å². The third-order valence-electron chi connectivity index (χ3n) is 2.78. The largest absolute Gasteiger partial charge is 0.481 e. The highest BCUT2D eigenvalue weighted by Gasteiger charge is 2.33. The van der Waals surface area contributed by atoms with Crippen molar-refractivity contribution in [2.24, 2.45) is 5.41 Å². The number of allylic oxidation sites excluding steroid dienone is 2. The molecule has 1 heterocycles. The van der Waals surface area contributed by atoms with Crippen LogP contribution >= 0.6 is 10.9 Å². The number of carbonyl (C=O) groups is 2. The van der Waals surface area contributed by atoms with Gasteiger partial charge in [-0.15, -0.1) is 0 Å². The molecule has 17 heavy (non-hydrogen) atoms. The van der Waals surface area contributed by atoms with Gasteiger partial charge in [0.15, 0.2) is 0 Å². The van der Waals surface area contributed by atoms with Crippen molar-refractivity contribution >= 4 is 22.8 Å². The maximum Gasteiger partial charge on any atom is 0.309 e. The predicted molar refractivity (Wildman–Crippen MR) is 69.3 cm³/mol. The van der Waals surface area contributed by atoms with Crippen LogP contribution in [0.2, 0.25) is 0 Å². The van der Waals surface area contributed by atoms with Crippen LogP contribution < -0.4 is 0 Å². The second-order valence-corrected chi connectivity index (χ2v) is 7.00. The van der Waals surface area contributed by atoms with Crippen molar-refractivity contribution in [3.63, 3.8) is 0 Å². The van der Waals surface area contributed by atoms with E-state index in [1.54, 1.807) is 13.8 Å². The number of hydrogen-bond donors (Lipinski definition) is 3. The summed E-state index contributed by atoms with van der Waals surface area (Å²) in [6.45, 7) is 3.28. The molecule has 0 amide bonds. The van der Waals surface area contributed by atoms with Crippen LogP contribution in [0.15, 0.2) is 23.0 Å². The molecule has 0 fully saturated rings. The van der Waals surface area contributed by atoms with Gasteiger partial charge in [-0.2, -0.15) is 0 Å². The van der Waals surface area contributed by atoms with Gasteiger partial charge < -0.3 is 10.2 Å². The van der Waals surface area contributed by atoms with Crippen molar-refractivity contribution in [1.82, 2.24) is 0 Å². The van der Waals surface area contributed by atoms with Crippen molar-refractivity contribution in [3.05, 3.63) is 23.0 Å². The second kappa shape index (κ2) is 5.40. The standard InChI is InChI=1S/C12H18O4S/c1-12(2,11(15)16)8-9(7-10(13)14)17-5-3-4-6-17/h3-6,9,17H,7-8H2,1-2H3,(H,13,14)(H,15,16). The molecule has 1 aliphatic rings. The van der Waals surface area contributed by atoms with Crippen molar-refractivity contribution < 1.29 is 19.8 Å². The smallest absolute Gasteiger partial charge is 0.309 e. The number of rotatable bonds is 6. The molecule has 2 N–H and O–H groups in total. The summed E-state index contributed by atoms with van der Waals surface area (Å²) in [6.07, 6.45) is 4.20. The normalized spacial score (nSPS) is 18.4. The first-order valence-electron chi connectivity index (χ1n) is 5.40. The Balaban J connectivity index is 2.77. The first-order valence-corrected chi connectivity index (χ1v) is 6.95. The summed E-state index contributed by atoms with van der Waals surface area (Å²) in [6, 6.07) is 0. The summed E-state index contributed by atoms with van der Waals surface area (Å²) in [7, 11) is -0.635. The minimum atomic E-state index is -0.882. The Morgan fingerprint density at radius 2 is 1.76 bits per heavy atom. The van der Waals surface area contributed by atoms with E-state index < -0.39 is 28.2 Å². The highest BCUT2D eigenvalue weighted by Crippen LogP contribution is 2.44. The van der Waals surface area contributed by atoms with E-state index in [4.69, 9.17) is 10.2 Å². The summed E-state index contributed by atoms with van der Waals surface area (Å²) in [5, 5.41) is 21.9. The summed E-state index contributed by atoms with van der Waals surface area (Å²) in [4.78, 5) is 21.9. The molecule has 0 aromatic carbocycles. The third kappa shape index (κ3) is 3.93. The SMILES string of the molecule is CC(C)(CC(CC(=O)O)[SH]1C=CC=C1)C(=O)O. The Bertz CT molecular complexity index is 359. The van der Waals surface area contributed by atoms with E-state index in [0.717, 1.165) is 0 Å². The maximum absolute atomic E-state index is 11.1. The van der Waals surface area contributed by atoms with Gasteiger partial charge in [-0.25, -0.2) is 10.9 Å². The number of aliphatic carboxylic acids is 2. The van der Waals surface area contributed by atoms with Crippen LogP contribution in [0.4, 0.5) is 0 Å². The lowest BCUT2D eigenvalue weighted by Gasteiger charge is -2.29. The quantitative estimate of drug-likeness (QED) is 0.639. The molecular formula is C12H18O4S. The topological polar surface area (TPSA) is 74.6 Å². The highest BCUT2D eigenvalue weighted by atomic mass is 32.2. The Kier molecular flexibility index (Phi) is 4.40. The molecule has 4 nitrogen and oxygen atoms in total. The summed E-state index contributed by atoms with van der Waals surface area (Å²) in [5.74, 6) is -1.75. The van der Waals surface area contributed by atoms with Crippen molar-refractivity contribution in [2.75, 3.05) is 0 Å². The fraction of sp³-hybridized carbons (Fsp3) is 0.500. The van der Waals surface area contributed by atoms with Gasteiger partial charge in [0.05, 0.1) is 11.8 Å². The van der Waals surface area contributed by atoms with Crippen LogP contribution in [0.3, 0.4) is 0 Å². The van der Waals surface area contributed by atoms with Gasteiger partial charge in [-0.1, -0.05) is 12.2 Å². The maximum atomic E-state index is 11.1. The molecule has 0 aliphatic carbocycles. The zero-order valence-corrected chi connectivity index (χ0v) is 10.9. The van der Waals surface area contributed by atoms with E-state index >= 15 is 0 Å². The van der Waals surface area contributed by atoms with Crippen molar-refractivity contribution in [1.29, 1.82) is 0 Å². The monoisotopic (exact) mass is 258 g/mol.